The molecule has 148 valence electrons. The molecule has 0 radical (unpaired) electrons. The van der Waals surface area contributed by atoms with Crippen molar-refractivity contribution in [2.75, 3.05) is 39.4 Å². The molecule has 5 heterocycles. The van der Waals surface area contributed by atoms with Crippen LogP contribution in [0.2, 0.25) is 0 Å². The average molecular weight is 383 g/mol. The average Bonchev–Trinajstić information content (AvgIpc) is 3.25. The summed E-state index contributed by atoms with van der Waals surface area (Å²) in [7, 11) is 0. The van der Waals surface area contributed by atoms with Crippen LogP contribution in [0.25, 0.3) is 0 Å². The van der Waals surface area contributed by atoms with Crippen LogP contribution in [0.15, 0.2) is 29.3 Å². The fraction of sp³-hybridized carbons (Fsp3) is 0.550. The molecule has 8 nitrogen and oxygen atoms in total. The van der Waals surface area contributed by atoms with Crippen molar-refractivity contribution in [1.82, 2.24) is 24.3 Å². The van der Waals surface area contributed by atoms with Crippen LogP contribution in [-0.2, 0) is 17.8 Å². The van der Waals surface area contributed by atoms with Gasteiger partial charge in [-0.25, -0.2) is 4.98 Å². The number of amides is 1. The Balaban J connectivity index is 1.38. The molecule has 3 aliphatic rings. The summed E-state index contributed by atoms with van der Waals surface area (Å²) >= 11 is 0. The summed E-state index contributed by atoms with van der Waals surface area (Å²) in [5.41, 5.74) is 2.04. The van der Waals surface area contributed by atoms with Gasteiger partial charge in [-0.15, -0.1) is 0 Å². The molecule has 0 spiro atoms. The number of aromatic amines is 1. The van der Waals surface area contributed by atoms with Crippen LogP contribution in [0, 0.1) is 5.92 Å². The molecule has 1 amide bonds. The van der Waals surface area contributed by atoms with Gasteiger partial charge in [0.25, 0.3) is 11.5 Å². The maximum atomic E-state index is 13.1. The number of H-pyrrole nitrogens is 1. The lowest BCUT2D eigenvalue weighted by Crippen LogP contribution is -2.49. The highest BCUT2D eigenvalue weighted by Crippen LogP contribution is 2.35. The molecule has 3 aliphatic heterocycles. The van der Waals surface area contributed by atoms with E-state index in [-0.39, 0.29) is 17.4 Å². The Morgan fingerprint density at radius 2 is 2.07 bits per heavy atom. The Bertz CT molecular complexity index is 916. The number of hydrogen-bond acceptors (Lipinski definition) is 5. The van der Waals surface area contributed by atoms with Crippen LogP contribution in [-0.4, -0.2) is 69.6 Å². The first-order chi connectivity index (χ1) is 13.7. The molecule has 2 saturated heterocycles. The Labute approximate surface area is 163 Å². The number of imidazole rings is 1. The van der Waals surface area contributed by atoms with Gasteiger partial charge in [0.15, 0.2) is 5.82 Å². The third-order valence-electron chi connectivity index (χ3n) is 6.17. The van der Waals surface area contributed by atoms with E-state index in [0.717, 1.165) is 44.0 Å². The second-order valence-electron chi connectivity index (χ2n) is 8.03. The van der Waals surface area contributed by atoms with Gasteiger partial charge in [0.2, 0.25) is 0 Å². The van der Waals surface area contributed by atoms with E-state index in [2.05, 4.69) is 20.9 Å². The number of ether oxygens (including phenoxy) is 1. The predicted octanol–water partition coefficient (Wildman–Crippen LogP) is 0.663. The van der Waals surface area contributed by atoms with E-state index in [1.54, 1.807) is 12.4 Å². The van der Waals surface area contributed by atoms with Gasteiger partial charge in [0.05, 0.1) is 13.2 Å². The van der Waals surface area contributed by atoms with Crippen LogP contribution >= 0.6 is 0 Å². The molecule has 0 unspecified atom stereocenters. The summed E-state index contributed by atoms with van der Waals surface area (Å²) in [5, 5.41) is 0. The standard InChI is InChI=1S/C20H25N5O3/c26-19-15(12-23-5-7-28-8-6-23)1-2-17-16-9-14(11-25(17)19)10-24(13-16)20(27)18-21-3-4-22-18/h1-4,14,16H,5-13H2,(H,21,22)/t14-,16+/m0/s1. The summed E-state index contributed by atoms with van der Waals surface area (Å²) < 4.78 is 7.36. The smallest absolute Gasteiger partial charge is 0.289 e. The van der Waals surface area contributed by atoms with E-state index in [4.69, 9.17) is 4.74 Å². The summed E-state index contributed by atoms with van der Waals surface area (Å²) in [6, 6.07) is 4.08. The molecular weight excluding hydrogens is 358 g/mol. The second-order valence-corrected chi connectivity index (χ2v) is 8.03. The summed E-state index contributed by atoms with van der Waals surface area (Å²) in [6.07, 6.45) is 4.30. The quantitative estimate of drug-likeness (QED) is 0.842. The zero-order valence-electron chi connectivity index (χ0n) is 15.8. The van der Waals surface area contributed by atoms with Gasteiger partial charge in [-0.1, -0.05) is 6.07 Å². The normalized spacial score (nSPS) is 24.8. The maximum Gasteiger partial charge on any atom is 0.289 e. The monoisotopic (exact) mass is 383 g/mol. The molecule has 2 fully saturated rings. The Hall–Kier alpha value is -2.45. The molecule has 5 rings (SSSR count). The minimum absolute atomic E-state index is 0.0561. The lowest BCUT2D eigenvalue weighted by atomic mass is 9.83. The summed E-state index contributed by atoms with van der Waals surface area (Å²) in [6.45, 7) is 5.89. The first-order valence-corrected chi connectivity index (χ1v) is 10.0. The van der Waals surface area contributed by atoms with Gasteiger partial charge >= 0.3 is 0 Å². The SMILES string of the molecule is O=C(c1ncc[nH]1)N1C[C@@H]2C[C@H](C1)c1ccc(CN3CCOCC3)c(=O)n1C2. The number of carbonyl (C=O) groups excluding carboxylic acids is 1. The largest absolute Gasteiger partial charge is 0.379 e. The van der Waals surface area contributed by atoms with Crippen molar-refractivity contribution < 1.29 is 9.53 Å². The van der Waals surface area contributed by atoms with E-state index in [1.165, 1.54) is 0 Å². The highest BCUT2D eigenvalue weighted by atomic mass is 16.5. The highest BCUT2D eigenvalue weighted by molar-refractivity contribution is 5.90. The molecule has 2 aromatic heterocycles. The number of hydrogen-bond donors (Lipinski definition) is 1. The molecular formula is C20H25N5O3. The van der Waals surface area contributed by atoms with Crippen molar-refractivity contribution >= 4 is 5.91 Å². The number of piperidine rings is 1. The number of morpholine rings is 1. The van der Waals surface area contributed by atoms with E-state index >= 15 is 0 Å². The van der Waals surface area contributed by atoms with E-state index in [1.807, 2.05) is 15.5 Å². The fourth-order valence-corrected chi connectivity index (χ4v) is 4.81. The van der Waals surface area contributed by atoms with Crippen LogP contribution in [0.4, 0.5) is 0 Å². The van der Waals surface area contributed by atoms with Crippen LogP contribution in [0.1, 0.15) is 34.2 Å². The van der Waals surface area contributed by atoms with Crippen molar-refractivity contribution in [1.29, 1.82) is 0 Å². The van der Waals surface area contributed by atoms with Gasteiger partial charge < -0.3 is 19.2 Å². The Morgan fingerprint density at radius 3 is 2.86 bits per heavy atom. The number of pyridine rings is 1. The summed E-state index contributed by atoms with van der Waals surface area (Å²) in [4.78, 5) is 37.0. The highest BCUT2D eigenvalue weighted by Gasteiger charge is 2.37. The number of nitrogens with zero attached hydrogens (tertiary/aromatic N) is 4. The van der Waals surface area contributed by atoms with Gasteiger partial charge in [0.1, 0.15) is 0 Å². The van der Waals surface area contributed by atoms with E-state index in [9.17, 15) is 9.59 Å². The number of carbonyl (C=O) groups is 1. The van der Waals surface area contributed by atoms with Gasteiger partial charge in [0, 0.05) is 68.8 Å². The number of fused-ring (bicyclic) bond motifs is 4. The maximum absolute atomic E-state index is 13.1. The molecule has 8 heteroatoms. The van der Waals surface area contributed by atoms with E-state index < -0.39 is 0 Å². The van der Waals surface area contributed by atoms with Crippen LogP contribution < -0.4 is 5.56 Å². The molecule has 0 saturated carbocycles. The number of likely N-dealkylation sites (tertiary alicyclic amines) is 1. The van der Waals surface area contributed by atoms with Crippen LogP contribution in [0.5, 0.6) is 0 Å². The third kappa shape index (κ3) is 3.16. The third-order valence-corrected chi connectivity index (χ3v) is 6.17. The van der Waals surface area contributed by atoms with Crippen molar-refractivity contribution in [2.24, 2.45) is 5.92 Å². The summed E-state index contributed by atoms with van der Waals surface area (Å²) in [5.74, 6) is 0.843. The number of nitrogens with one attached hydrogen (secondary N) is 1. The molecule has 2 aromatic rings. The number of aromatic nitrogens is 3. The lowest BCUT2D eigenvalue weighted by Gasteiger charge is -2.42. The van der Waals surface area contributed by atoms with E-state index in [0.29, 0.717) is 37.9 Å². The lowest BCUT2D eigenvalue weighted by molar-refractivity contribution is 0.0338. The first kappa shape index (κ1) is 17.6. The molecule has 28 heavy (non-hydrogen) atoms. The molecule has 0 aliphatic carbocycles. The Kier molecular flexibility index (Phi) is 4.52. The van der Waals surface area contributed by atoms with Crippen molar-refractivity contribution in [3.63, 3.8) is 0 Å². The zero-order valence-corrected chi connectivity index (χ0v) is 15.8. The molecule has 1 N–H and O–H groups in total. The Morgan fingerprint density at radius 1 is 1.21 bits per heavy atom. The predicted molar refractivity (Wildman–Crippen MR) is 102 cm³/mol. The molecule has 0 aromatic carbocycles. The van der Waals surface area contributed by atoms with Crippen molar-refractivity contribution in [3.8, 4) is 0 Å². The fourth-order valence-electron chi connectivity index (χ4n) is 4.81. The number of rotatable bonds is 3. The van der Waals surface area contributed by atoms with Crippen molar-refractivity contribution in [3.05, 3.63) is 52.0 Å². The van der Waals surface area contributed by atoms with Gasteiger partial charge in [-0.2, -0.15) is 0 Å². The molecule has 2 bridgehead atoms. The van der Waals surface area contributed by atoms with Gasteiger partial charge in [-0.05, 0) is 18.4 Å². The topological polar surface area (TPSA) is 83.5 Å². The van der Waals surface area contributed by atoms with Crippen LogP contribution in [0.3, 0.4) is 0 Å². The minimum atomic E-state index is -0.0561. The molecule has 2 atom stereocenters. The first-order valence-electron chi connectivity index (χ1n) is 10.0. The second kappa shape index (κ2) is 7.18. The van der Waals surface area contributed by atoms with Crippen molar-refractivity contribution in [2.45, 2.75) is 25.4 Å². The zero-order chi connectivity index (χ0) is 19.1. The minimum Gasteiger partial charge on any atom is -0.379 e. The van der Waals surface area contributed by atoms with Gasteiger partial charge in [-0.3, -0.25) is 14.5 Å².